The van der Waals surface area contributed by atoms with Gasteiger partial charge in [-0.1, -0.05) is 18.2 Å². The third-order valence-corrected chi connectivity index (χ3v) is 5.91. The number of alkyl halides is 3. The molecule has 2 aromatic rings. The molecule has 0 spiro atoms. The highest BCUT2D eigenvalue weighted by Gasteiger charge is 2.45. The Morgan fingerprint density at radius 3 is 2.52 bits per heavy atom. The molecule has 166 valence electrons. The molecule has 8 heteroatoms. The number of nitrogens with one attached hydrogen (secondary N) is 1. The van der Waals surface area contributed by atoms with Crippen LogP contribution >= 0.6 is 0 Å². The fourth-order valence-corrected chi connectivity index (χ4v) is 4.32. The highest BCUT2D eigenvalue weighted by molar-refractivity contribution is 5.89. The van der Waals surface area contributed by atoms with Crippen molar-refractivity contribution in [3.63, 3.8) is 0 Å². The topological polar surface area (TPSA) is 61.8 Å². The Labute approximate surface area is 178 Å². The Kier molecular flexibility index (Phi) is 6.20. The molecule has 2 aliphatic rings. The van der Waals surface area contributed by atoms with E-state index in [1.807, 2.05) is 0 Å². The molecule has 0 bridgehead atoms. The van der Waals surface area contributed by atoms with Gasteiger partial charge in [0, 0.05) is 6.54 Å². The molecule has 2 aromatic carbocycles. The Hall–Kier alpha value is -2.58. The standard InChI is InChI=1S/C23H25F3N2O3/c24-23(25,26)22(30)20-14-16-13-17(29)5-8-19(16)21(27-20)15-3-6-18(7-4-15)31-12-11-28-9-1-2-10-28/h3-8,13,20-21,27,29H,1-2,9-12,14H2. The van der Waals surface area contributed by atoms with Crippen molar-refractivity contribution in [1.29, 1.82) is 0 Å². The van der Waals surface area contributed by atoms with Crippen LogP contribution in [-0.2, 0) is 11.2 Å². The lowest BCUT2D eigenvalue weighted by atomic mass is 9.85. The molecule has 1 fully saturated rings. The zero-order chi connectivity index (χ0) is 22.0. The van der Waals surface area contributed by atoms with Crippen molar-refractivity contribution < 1.29 is 27.8 Å². The van der Waals surface area contributed by atoms with Crippen molar-refractivity contribution in [2.45, 2.75) is 37.5 Å². The number of ether oxygens (including phenoxy) is 1. The minimum Gasteiger partial charge on any atom is -0.508 e. The highest BCUT2D eigenvalue weighted by atomic mass is 19.4. The summed E-state index contributed by atoms with van der Waals surface area (Å²) in [5.74, 6) is -1.17. The second kappa shape index (κ2) is 8.88. The quantitative estimate of drug-likeness (QED) is 0.728. The summed E-state index contributed by atoms with van der Waals surface area (Å²) in [4.78, 5) is 14.3. The van der Waals surface area contributed by atoms with Crippen LogP contribution in [0.15, 0.2) is 42.5 Å². The number of aromatic hydroxyl groups is 1. The molecule has 2 unspecified atom stereocenters. The number of fused-ring (bicyclic) bond motifs is 1. The minimum atomic E-state index is -4.93. The van der Waals surface area contributed by atoms with Gasteiger partial charge in [0.25, 0.3) is 5.78 Å². The third kappa shape index (κ3) is 5.02. The molecule has 0 aromatic heterocycles. The molecule has 5 nitrogen and oxygen atoms in total. The van der Waals surface area contributed by atoms with Crippen LogP contribution in [-0.4, -0.2) is 54.2 Å². The second-order valence-corrected chi connectivity index (χ2v) is 8.07. The van der Waals surface area contributed by atoms with E-state index in [1.165, 1.54) is 25.0 Å². The summed E-state index contributed by atoms with van der Waals surface area (Å²) in [6, 6.07) is 9.75. The summed E-state index contributed by atoms with van der Waals surface area (Å²) in [5.41, 5.74) is 1.99. The number of benzene rings is 2. The van der Waals surface area contributed by atoms with E-state index in [1.54, 1.807) is 30.3 Å². The van der Waals surface area contributed by atoms with Crippen LogP contribution in [0.4, 0.5) is 13.2 Å². The number of phenolic OH excluding ortho intramolecular Hbond substituents is 1. The number of Topliss-reactive ketones (excluding diaryl/α,β-unsaturated/α-hetero) is 1. The molecule has 0 aliphatic carbocycles. The number of halogens is 3. The lowest BCUT2D eigenvalue weighted by molar-refractivity contribution is -0.173. The first-order chi connectivity index (χ1) is 14.8. The molecule has 2 heterocycles. The van der Waals surface area contributed by atoms with E-state index in [9.17, 15) is 23.1 Å². The zero-order valence-corrected chi connectivity index (χ0v) is 17.0. The summed E-state index contributed by atoms with van der Waals surface area (Å²) < 4.78 is 44.9. The maximum absolute atomic E-state index is 13.0. The van der Waals surface area contributed by atoms with E-state index in [0.29, 0.717) is 17.9 Å². The molecule has 0 radical (unpaired) electrons. The Morgan fingerprint density at radius 2 is 1.84 bits per heavy atom. The number of phenols is 1. The minimum absolute atomic E-state index is 0.0423. The Bertz CT molecular complexity index is 925. The average molecular weight is 434 g/mol. The number of ketones is 1. The first-order valence-electron chi connectivity index (χ1n) is 10.5. The van der Waals surface area contributed by atoms with Gasteiger partial charge in [0.15, 0.2) is 0 Å². The summed E-state index contributed by atoms with van der Waals surface area (Å²) in [6.45, 7) is 3.64. The molecular weight excluding hydrogens is 409 g/mol. The summed E-state index contributed by atoms with van der Waals surface area (Å²) in [6.07, 6.45) is -2.61. The lowest BCUT2D eigenvalue weighted by Crippen LogP contribution is -2.49. The summed E-state index contributed by atoms with van der Waals surface area (Å²) >= 11 is 0. The molecule has 2 N–H and O–H groups in total. The first kappa shape index (κ1) is 21.6. The highest BCUT2D eigenvalue weighted by Crippen LogP contribution is 2.35. The van der Waals surface area contributed by atoms with Crippen LogP contribution in [0.5, 0.6) is 11.5 Å². The van der Waals surface area contributed by atoms with Crippen molar-refractivity contribution in [3.8, 4) is 11.5 Å². The van der Waals surface area contributed by atoms with Crippen molar-refractivity contribution in [2.75, 3.05) is 26.2 Å². The molecule has 0 saturated carbocycles. The number of likely N-dealkylation sites (tertiary alicyclic amines) is 1. The van der Waals surface area contributed by atoms with Gasteiger partial charge in [-0.2, -0.15) is 13.2 Å². The predicted molar refractivity (Wildman–Crippen MR) is 109 cm³/mol. The van der Waals surface area contributed by atoms with Gasteiger partial charge >= 0.3 is 6.18 Å². The number of nitrogens with zero attached hydrogens (tertiary/aromatic N) is 1. The van der Waals surface area contributed by atoms with Gasteiger partial charge in [0.2, 0.25) is 0 Å². The maximum Gasteiger partial charge on any atom is 0.451 e. The van der Waals surface area contributed by atoms with Gasteiger partial charge in [0.05, 0.1) is 12.1 Å². The van der Waals surface area contributed by atoms with Gasteiger partial charge in [0.1, 0.15) is 18.1 Å². The third-order valence-electron chi connectivity index (χ3n) is 5.91. The smallest absolute Gasteiger partial charge is 0.451 e. The predicted octanol–water partition coefficient (Wildman–Crippen LogP) is 3.60. The SMILES string of the molecule is O=C(C1Cc2cc(O)ccc2C(c2ccc(OCCN3CCCC3)cc2)N1)C(F)(F)F. The van der Waals surface area contributed by atoms with Crippen LogP contribution in [0.1, 0.15) is 35.6 Å². The van der Waals surface area contributed by atoms with Crippen molar-refractivity contribution in [3.05, 3.63) is 59.2 Å². The van der Waals surface area contributed by atoms with Crippen molar-refractivity contribution in [2.24, 2.45) is 0 Å². The molecule has 2 atom stereocenters. The summed E-state index contributed by atoms with van der Waals surface area (Å²) in [7, 11) is 0. The molecule has 0 amide bonds. The van der Waals surface area contributed by atoms with Crippen LogP contribution in [0, 0.1) is 0 Å². The number of hydrogen-bond donors (Lipinski definition) is 2. The van der Waals surface area contributed by atoms with E-state index >= 15 is 0 Å². The van der Waals surface area contributed by atoms with Crippen LogP contribution in [0.25, 0.3) is 0 Å². The fourth-order valence-electron chi connectivity index (χ4n) is 4.32. The van der Waals surface area contributed by atoms with Gasteiger partial charge < -0.3 is 9.84 Å². The van der Waals surface area contributed by atoms with Crippen LogP contribution in [0.2, 0.25) is 0 Å². The van der Waals surface area contributed by atoms with Gasteiger partial charge in [-0.05, 0) is 73.3 Å². The van der Waals surface area contributed by atoms with Gasteiger partial charge in [-0.25, -0.2) is 0 Å². The number of hydrogen-bond acceptors (Lipinski definition) is 5. The molecule has 1 saturated heterocycles. The van der Waals surface area contributed by atoms with Crippen molar-refractivity contribution in [1.82, 2.24) is 10.2 Å². The van der Waals surface area contributed by atoms with Crippen LogP contribution in [0.3, 0.4) is 0 Å². The van der Waals surface area contributed by atoms with Crippen molar-refractivity contribution >= 4 is 5.78 Å². The van der Waals surface area contributed by atoms with E-state index in [2.05, 4.69) is 10.2 Å². The van der Waals surface area contributed by atoms with E-state index in [0.717, 1.165) is 30.8 Å². The second-order valence-electron chi connectivity index (χ2n) is 8.07. The molecule has 4 rings (SSSR count). The van der Waals surface area contributed by atoms with Crippen LogP contribution < -0.4 is 10.1 Å². The lowest BCUT2D eigenvalue weighted by Gasteiger charge is -2.33. The Balaban J connectivity index is 1.50. The first-order valence-corrected chi connectivity index (χ1v) is 10.5. The van der Waals surface area contributed by atoms with E-state index in [4.69, 9.17) is 4.74 Å². The maximum atomic E-state index is 13.0. The molecular formula is C23H25F3N2O3. The van der Waals surface area contributed by atoms with E-state index < -0.39 is 24.0 Å². The number of rotatable bonds is 6. The van der Waals surface area contributed by atoms with E-state index in [-0.39, 0.29) is 12.2 Å². The van der Waals surface area contributed by atoms with Gasteiger partial charge in [-0.3, -0.25) is 15.0 Å². The normalized spacial score (nSPS) is 21.6. The molecule has 31 heavy (non-hydrogen) atoms. The molecule has 2 aliphatic heterocycles. The number of carbonyl (C=O) groups is 1. The number of carbonyl (C=O) groups excluding carboxylic acids is 1. The average Bonchev–Trinajstić information content (AvgIpc) is 3.25. The Morgan fingerprint density at radius 1 is 1.13 bits per heavy atom. The fraction of sp³-hybridized carbons (Fsp3) is 0.435. The summed E-state index contributed by atoms with van der Waals surface area (Å²) in [5, 5.41) is 12.6. The zero-order valence-electron chi connectivity index (χ0n) is 17.0. The largest absolute Gasteiger partial charge is 0.508 e. The monoisotopic (exact) mass is 434 g/mol. The van der Waals surface area contributed by atoms with Gasteiger partial charge in [-0.15, -0.1) is 0 Å².